The molecule has 2 aliphatic rings. The first-order chi connectivity index (χ1) is 17.6. The molecule has 6 nitrogen and oxygen atoms in total. The Morgan fingerprint density at radius 3 is 2.47 bits per heavy atom. The molecule has 0 saturated carbocycles. The van der Waals surface area contributed by atoms with Crippen LogP contribution >= 0.6 is 0 Å². The third-order valence-corrected chi connectivity index (χ3v) is 7.58. The zero-order valence-electron chi connectivity index (χ0n) is 21.8. The standard InChI is InChI=1S/C30H42N4O2/c1-2-24-13-15-28(16-14-24)32-30(36)34-21-8-12-27(23-34)25-10-7-11-26(22-25)29(35)31-17-9-20-33-18-5-3-4-6-19-33/h7,10-11,13-16,22,27H,2-6,8-9,12,17-21,23H2,1H3,(H,31,35)(H,32,36)/t27-/m0/s1. The van der Waals surface area contributed by atoms with Crippen molar-refractivity contribution in [3.63, 3.8) is 0 Å². The van der Waals surface area contributed by atoms with E-state index in [4.69, 9.17) is 0 Å². The van der Waals surface area contributed by atoms with Crippen molar-refractivity contribution in [3.05, 3.63) is 65.2 Å². The predicted octanol–water partition coefficient (Wildman–Crippen LogP) is 5.66. The number of hydrogen-bond donors (Lipinski definition) is 2. The Balaban J connectivity index is 1.27. The summed E-state index contributed by atoms with van der Waals surface area (Å²) in [4.78, 5) is 30.1. The number of aryl methyl sites for hydroxylation is 1. The van der Waals surface area contributed by atoms with E-state index < -0.39 is 0 Å². The molecule has 2 saturated heterocycles. The van der Waals surface area contributed by atoms with Crippen molar-refractivity contribution < 1.29 is 9.59 Å². The molecule has 0 aromatic heterocycles. The van der Waals surface area contributed by atoms with Gasteiger partial charge in [0, 0.05) is 36.8 Å². The van der Waals surface area contributed by atoms with Crippen molar-refractivity contribution in [2.45, 2.75) is 64.2 Å². The number of benzene rings is 2. The number of urea groups is 1. The van der Waals surface area contributed by atoms with Crippen molar-refractivity contribution in [1.29, 1.82) is 0 Å². The SMILES string of the molecule is CCc1ccc(NC(=O)N2CCC[C@H](c3cccc(C(=O)NCCCN4CCCCCC4)c3)C2)cc1. The molecule has 2 N–H and O–H groups in total. The molecule has 2 heterocycles. The van der Waals surface area contributed by atoms with Crippen LogP contribution in [-0.4, -0.2) is 61.0 Å². The van der Waals surface area contributed by atoms with Crippen molar-refractivity contribution >= 4 is 17.6 Å². The van der Waals surface area contributed by atoms with Crippen LogP contribution in [0, 0.1) is 0 Å². The van der Waals surface area contributed by atoms with Gasteiger partial charge in [0.05, 0.1) is 0 Å². The fraction of sp³-hybridized carbons (Fsp3) is 0.533. The van der Waals surface area contributed by atoms with E-state index in [0.29, 0.717) is 18.7 Å². The summed E-state index contributed by atoms with van der Waals surface area (Å²) in [6.45, 7) is 7.69. The number of carbonyl (C=O) groups is 2. The van der Waals surface area contributed by atoms with Gasteiger partial charge in [0.2, 0.25) is 0 Å². The molecule has 2 fully saturated rings. The predicted molar refractivity (Wildman–Crippen MR) is 147 cm³/mol. The molecule has 2 aromatic carbocycles. The Labute approximate surface area is 216 Å². The highest BCUT2D eigenvalue weighted by atomic mass is 16.2. The maximum atomic E-state index is 12.9. The highest BCUT2D eigenvalue weighted by Crippen LogP contribution is 2.28. The second-order valence-corrected chi connectivity index (χ2v) is 10.3. The van der Waals surface area contributed by atoms with Crippen molar-refractivity contribution in [1.82, 2.24) is 15.1 Å². The Kier molecular flexibility index (Phi) is 9.79. The topological polar surface area (TPSA) is 64.7 Å². The average molecular weight is 491 g/mol. The number of piperidine rings is 1. The molecule has 3 amide bonds. The molecule has 2 aromatic rings. The van der Waals surface area contributed by atoms with Gasteiger partial charge in [-0.15, -0.1) is 0 Å². The highest BCUT2D eigenvalue weighted by molar-refractivity contribution is 5.94. The minimum atomic E-state index is -0.0535. The Morgan fingerprint density at radius 1 is 0.944 bits per heavy atom. The second kappa shape index (κ2) is 13.4. The minimum Gasteiger partial charge on any atom is -0.352 e. The van der Waals surface area contributed by atoms with Gasteiger partial charge < -0.3 is 20.4 Å². The summed E-state index contributed by atoms with van der Waals surface area (Å²) < 4.78 is 0. The molecule has 2 aliphatic heterocycles. The van der Waals surface area contributed by atoms with E-state index in [1.54, 1.807) is 0 Å². The second-order valence-electron chi connectivity index (χ2n) is 10.3. The van der Waals surface area contributed by atoms with E-state index in [0.717, 1.165) is 50.0 Å². The van der Waals surface area contributed by atoms with Gasteiger partial charge in [-0.05, 0) is 93.6 Å². The number of carbonyl (C=O) groups excluding carboxylic acids is 2. The number of rotatable bonds is 8. The molecular weight excluding hydrogens is 448 g/mol. The van der Waals surface area contributed by atoms with Crippen LogP contribution in [0.1, 0.15) is 79.3 Å². The first-order valence-corrected chi connectivity index (χ1v) is 13.9. The van der Waals surface area contributed by atoms with Crippen LogP contribution in [0.25, 0.3) is 0 Å². The lowest BCUT2D eigenvalue weighted by Gasteiger charge is -2.33. The van der Waals surface area contributed by atoms with Crippen molar-refractivity contribution in [2.75, 3.05) is 44.6 Å². The molecule has 194 valence electrons. The van der Waals surface area contributed by atoms with E-state index in [2.05, 4.69) is 40.7 Å². The van der Waals surface area contributed by atoms with Crippen LogP contribution in [0.4, 0.5) is 10.5 Å². The van der Waals surface area contributed by atoms with E-state index >= 15 is 0 Å². The van der Waals surface area contributed by atoms with E-state index in [9.17, 15) is 9.59 Å². The Morgan fingerprint density at radius 2 is 1.72 bits per heavy atom. The van der Waals surface area contributed by atoms with E-state index in [1.807, 2.05) is 35.2 Å². The summed E-state index contributed by atoms with van der Waals surface area (Å²) in [5, 5.41) is 6.15. The molecule has 36 heavy (non-hydrogen) atoms. The summed E-state index contributed by atoms with van der Waals surface area (Å²) in [5.74, 6) is 0.233. The van der Waals surface area contributed by atoms with Crippen molar-refractivity contribution in [2.24, 2.45) is 0 Å². The number of likely N-dealkylation sites (tertiary alicyclic amines) is 2. The summed E-state index contributed by atoms with van der Waals surface area (Å²) in [7, 11) is 0. The largest absolute Gasteiger partial charge is 0.352 e. The van der Waals surface area contributed by atoms with Gasteiger partial charge in [-0.3, -0.25) is 4.79 Å². The van der Waals surface area contributed by atoms with E-state index in [-0.39, 0.29) is 17.9 Å². The van der Waals surface area contributed by atoms with Crippen LogP contribution in [0.5, 0.6) is 0 Å². The molecule has 1 atom stereocenters. The summed E-state index contributed by atoms with van der Waals surface area (Å²) in [5.41, 5.74) is 3.93. The van der Waals surface area contributed by atoms with Gasteiger partial charge in [0.25, 0.3) is 5.91 Å². The summed E-state index contributed by atoms with van der Waals surface area (Å²) >= 11 is 0. The first kappa shape index (κ1) is 26.2. The summed E-state index contributed by atoms with van der Waals surface area (Å²) in [6.07, 6.45) is 9.24. The maximum Gasteiger partial charge on any atom is 0.321 e. The summed E-state index contributed by atoms with van der Waals surface area (Å²) in [6, 6.07) is 16.0. The first-order valence-electron chi connectivity index (χ1n) is 13.9. The zero-order chi connectivity index (χ0) is 25.2. The quantitative estimate of drug-likeness (QED) is 0.470. The average Bonchev–Trinajstić information content (AvgIpc) is 3.20. The van der Waals surface area contributed by atoms with Gasteiger partial charge in [-0.1, -0.05) is 44.0 Å². The lowest BCUT2D eigenvalue weighted by atomic mass is 9.89. The highest BCUT2D eigenvalue weighted by Gasteiger charge is 2.25. The minimum absolute atomic E-state index is 0.00588. The number of amides is 3. The van der Waals surface area contributed by atoms with Gasteiger partial charge in [-0.2, -0.15) is 0 Å². The van der Waals surface area contributed by atoms with Gasteiger partial charge >= 0.3 is 6.03 Å². The Bertz CT molecular complexity index is 983. The molecule has 6 heteroatoms. The van der Waals surface area contributed by atoms with Crippen LogP contribution in [0.15, 0.2) is 48.5 Å². The number of nitrogens with zero attached hydrogens (tertiary/aromatic N) is 2. The third kappa shape index (κ3) is 7.57. The van der Waals surface area contributed by atoms with Gasteiger partial charge in [0.1, 0.15) is 0 Å². The van der Waals surface area contributed by atoms with E-state index in [1.165, 1.54) is 44.3 Å². The zero-order valence-corrected chi connectivity index (χ0v) is 21.8. The molecule has 4 rings (SSSR count). The van der Waals surface area contributed by atoms with Gasteiger partial charge in [0.15, 0.2) is 0 Å². The number of anilines is 1. The molecule has 0 radical (unpaired) electrons. The van der Waals surface area contributed by atoms with Crippen LogP contribution in [0.2, 0.25) is 0 Å². The molecule has 0 bridgehead atoms. The number of hydrogen-bond acceptors (Lipinski definition) is 3. The molecule has 0 spiro atoms. The van der Waals surface area contributed by atoms with Crippen LogP contribution in [0.3, 0.4) is 0 Å². The van der Waals surface area contributed by atoms with Crippen molar-refractivity contribution in [3.8, 4) is 0 Å². The molecule has 0 aliphatic carbocycles. The van der Waals surface area contributed by atoms with Crippen LogP contribution < -0.4 is 10.6 Å². The monoisotopic (exact) mass is 490 g/mol. The third-order valence-electron chi connectivity index (χ3n) is 7.58. The fourth-order valence-electron chi connectivity index (χ4n) is 5.36. The normalized spacial score (nSPS) is 18.9. The number of nitrogens with one attached hydrogen (secondary N) is 2. The van der Waals surface area contributed by atoms with Gasteiger partial charge in [-0.25, -0.2) is 4.79 Å². The smallest absolute Gasteiger partial charge is 0.321 e. The fourth-order valence-corrected chi connectivity index (χ4v) is 5.36. The molecular formula is C30H42N4O2. The van der Waals surface area contributed by atoms with Crippen LogP contribution in [-0.2, 0) is 6.42 Å². The lowest BCUT2D eigenvalue weighted by Crippen LogP contribution is -2.41. The lowest BCUT2D eigenvalue weighted by molar-refractivity contribution is 0.0951. The maximum absolute atomic E-state index is 12.9. The Hall–Kier alpha value is -2.86. The molecule has 0 unspecified atom stereocenters.